The Balaban J connectivity index is 0.00000220. The first-order valence-electron chi connectivity index (χ1n) is 22.2. The van der Waals surface area contributed by atoms with Crippen LogP contribution in [-0.4, -0.2) is 107 Å². The van der Waals surface area contributed by atoms with E-state index in [0.29, 0.717) is 0 Å². The third-order valence-corrected chi connectivity index (χ3v) is 13.0. The molecule has 0 atom stereocenters. The molecule has 0 amide bonds. The predicted octanol–water partition coefficient (Wildman–Crippen LogP) is -7.38. The Morgan fingerprint density at radius 2 is 0.507 bits per heavy atom. The summed E-state index contributed by atoms with van der Waals surface area (Å²) >= 11 is 0. The number of nitrogens with zero attached hydrogens (tertiary/aromatic N) is 12. The molecule has 13 nitrogen and oxygen atoms in total. The first-order chi connectivity index (χ1) is 29.4. The first-order valence-corrected chi connectivity index (χ1v) is 22.2. The molecule has 6 aliphatic heterocycles. The monoisotopic (exact) mass is 1050 g/mol. The molecule has 19 heteroatoms. The molecule has 2 N–H and O–H groups in total. The Morgan fingerprint density at radius 3 is 0.657 bits per heavy atom. The molecule has 0 saturated heterocycles. The van der Waals surface area contributed by atoms with Gasteiger partial charge in [-0.1, -0.05) is 24.3 Å². The van der Waals surface area contributed by atoms with E-state index >= 15 is 0 Å². The molecule has 0 fully saturated rings. The fourth-order valence-electron chi connectivity index (χ4n) is 9.88. The van der Waals surface area contributed by atoms with Gasteiger partial charge in [-0.05, 0) is 79.7 Å². The van der Waals surface area contributed by atoms with Gasteiger partial charge in [0.2, 0.25) is 0 Å². The van der Waals surface area contributed by atoms with E-state index in [1.165, 1.54) is 0 Å². The Morgan fingerprint density at radius 1 is 0.343 bits per heavy atom. The molecule has 366 valence electrons. The van der Waals surface area contributed by atoms with Crippen molar-refractivity contribution in [1.82, 2.24) is 59.1 Å². The summed E-state index contributed by atoms with van der Waals surface area (Å²) in [6.45, 7) is 24.6. The molecule has 9 rings (SSSR count). The van der Waals surface area contributed by atoms with E-state index in [1.807, 2.05) is 0 Å². The number of fused-ring (bicyclic) bond motifs is 8. The van der Waals surface area contributed by atoms with Crippen LogP contribution in [0.5, 0.6) is 0 Å². The SMILES string of the molecule is CCN1C=CN(CC)C1c1c2nc(c(C3N(CC)C=CN3CC)c3ccc([n-]3)c(C3N(CC)C=CN3CC)c3nc(c(C4N(CC)C=CN4CC)c4ccc1[n-]4)C=C3)C=C2.O.[Cl-].[Cl-].[Cl-].[Cl-].[Cl-].[Mn+3]. The molecule has 3 aromatic heterocycles. The minimum Gasteiger partial charge on any atom is -1.00 e. The van der Waals surface area contributed by atoms with E-state index in [4.69, 9.17) is 19.9 Å². The van der Waals surface area contributed by atoms with Crippen molar-refractivity contribution in [3.63, 3.8) is 0 Å². The van der Waals surface area contributed by atoms with Crippen LogP contribution in [0.1, 0.15) is 125 Å². The molecule has 6 aliphatic rings. The fourth-order valence-corrected chi connectivity index (χ4v) is 9.88. The smallest absolute Gasteiger partial charge is 1.00 e. The van der Waals surface area contributed by atoms with Crippen LogP contribution < -0.4 is 72.0 Å². The van der Waals surface area contributed by atoms with Gasteiger partial charge in [-0.15, -0.1) is 22.1 Å². The van der Waals surface area contributed by atoms with Crippen LogP contribution in [0, 0.1) is 0 Å². The number of hydrogen-bond donors (Lipinski definition) is 0. The molecule has 9 heterocycles. The summed E-state index contributed by atoms with van der Waals surface area (Å²) in [5.41, 5.74) is 11.8. The molecule has 0 saturated carbocycles. The number of aromatic nitrogens is 4. The van der Waals surface area contributed by atoms with Crippen LogP contribution in [0.2, 0.25) is 0 Å². The van der Waals surface area contributed by atoms with Crippen molar-refractivity contribution in [3.8, 4) is 0 Å². The van der Waals surface area contributed by atoms with Gasteiger partial charge in [0.15, 0.2) is 0 Å². The predicted molar refractivity (Wildman–Crippen MR) is 247 cm³/mol. The van der Waals surface area contributed by atoms with Crippen molar-refractivity contribution in [2.75, 3.05) is 52.4 Å². The van der Waals surface area contributed by atoms with Crippen molar-refractivity contribution < 1.29 is 84.6 Å². The van der Waals surface area contributed by atoms with Gasteiger partial charge in [0.1, 0.15) is 24.7 Å². The van der Waals surface area contributed by atoms with Crippen molar-refractivity contribution >= 4 is 46.4 Å². The van der Waals surface area contributed by atoms with Crippen LogP contribution in [0.25, 0.3) is 46.4 Å². The normalized spacial score (nSPS) is 16.4. The van der Waals surface area contributed by atoms with Crippen LogP contribution in [0.15, 0.2) is 73.9 Å². The summed E-state index contributed by atoms with van der Waals surface area (Å²) in [5, 5.41) is 0. The van der Waals surface area contributed by atoms with Crippen molar-refractivity contribution in [2.45, 2.75) is 80.1 Å². The Hall–Kier alpha value is -4.11. The largest absolute Gasteiger partial charge is 3.00 e. The Labute approximate surface area is 438 Å². The molecule has 0 aliphatic carbocycles. The van der Waals surface area contributed by atoms with Crippen molar-refractivity contribution in [3.05, 3.63) is 119 Å². The third kappa shape index (κ3) is 10.1. The third-order valence-electron chi connectivity index (χ3n) is 13.0. The zero-order chi connectivity index (χ0) is 41.7. The zero-order valence-electron chi connectivity index (χ0n) is 39.3. The van der Waals surface area contributed by atoms with E-state index in [2.05, 4.69) is 193 Å². The summed E-state index contributed by atoms with van der Waals surface area (Å²) in [6, 6.07) is 8.85. The second-order valence-electron chi connectivity index (χ2n) is 15.8. The summed E-state index contributed by atoms with van der Waals surface area (Å²) in [7, 11) is 0. The molecule has 3 aromatic rings. The van der Waals surface area contributed by atoms with E-state index in [-0.39, 0.29) is 109 Å². The van der Waals surface area contributed by atoms with Gasteiger partial charge in [-0.2, -0.15) is 0 Å². The minimum atomic E-state index is -0.0661. The van der Waals surface area contributed by atoms with Crippen molar-refractivity contribution in [1.29, 1.82) is 0 Å². The van der Waals surface area contributed by atoms with Gasteiger partial charge in [-0.25, -0.2) is 9.97 Å². The molecule has 8 bridgehead atoms. The topological polar surface area (TPSA) is 111 Å². The minimum absolute atomic E-state index is 0. The van der Waals surface area contributed by atoms with Crippen LogP contribution in [0.4, 0.5) is 0 Å². The van der Waals surface area contributed by atoms with Gasteiger partial charge in [0, 0.05) is 124 Å². The van der Waals surface area contributed by atoms with Gasteiger partial charge in [0.25, 0.3) is 0 Å². The Kier molecular flexibility index (Phi) is 22.0. The summed E-state index contributed by atoms with van der Waals surface area (Å²) in [6.07, 6.45) is 26.3. The molecule has 0 radical (unpaired) electrons. The number of hydrogen-bond acceptors (Lipinski definition) is 10. The summed E-state index contributed by atoms with van der Waals surface area (Å²) < 4.78 is 0. The summed E-state index contributed by atoms with van der Waals surface area (Å²) in [4.78, 5) is 41.8. The number of halogens is 5. The number of rotatable bonds is 12. The molecule has 0 spiro atoms. The van der Waals surface area contributed by atoms with Gasteiger partial charge < -0.3 is 117 Å². The quantitative estimate of drug-likeness (QED) is 0.111. The fraction of sp³-hybridized carbons (Fsp3) is 0.417. The van der Waals surface area contributed by atoms with E-state index in [9.17, 15) is 0 Å². The van der Waals surface area contributed by atoms with Crippen LogP contribution in [0.3, 0.4) is 0 Å². The molecular formula is C48H62Cl5MnN12O-4. The molecule has 0 unspecified atom stereocenters. The van der Waals surface area contributed by atoms with Gasteiger partial charge in [-0.3, -0.25) is 0 Å². The molecule has 0 aromatic carbocycles. The summed E-state index contributed by atoms with van der Waals surface area (Å²) in [5.74, 6) is 0. The van der Waals surface area contributed by atoms with Crippen LogP contribution in [-0.2, 0) is 17.1 Å². The van der Waals surface area contributed by atoms with Crippen LogP contribution >= 0.6 is 0 Å². The van der Waals surface area contributed by atoms with Gasteiger partial charge in [0.05, 0.1) is 22.8 Å². The van der Waals surface area contributed by atoms with Crippen molar-refractivity contribution in [2.24, 2.45) is 0 Å². The second-order valence-corrected chi connectivity index (χ2v) is 15.8. The second kappa shape index (κ2) is 25.0. The zero-order valence-corrected chi connectivity index (χ0v) is 44.3. The maximum Gasteiger partial charge on any atom is 3.00 e. The van der Waals surface area contributed by atoms with E-state index in [1.54, 1.807) is 0 Å². The van der Waals surface area contributed by atoms with E-state index in [0.717, 1.165) is 119 Å². The molecular weight excluding hydrogens is 993 g/mol. The Bertz CT molecular complexity index is 2110. The standard InChI is InChI=1S/C48H60N12.5ClH.Mn.H2O/c1-9-53-25-26-54(10-2)45(53)41-33-17-19-35(49-33)42(46-55(11-3)27-28-56(46)12-4)37-21-23-39(51-37)44(48-59(15-7)31-32-60(48)16-8)40-24-22-38(52-40)43(36-20-18-34(41)50-36)47-57(13-5)29-30-58(47)14-6;;;;;;;/h17-32,45-48H,9-16H2,1-8H3;5*1H;;1H2/q-2;;;;;;+3;/p-5. The molecule has 67 heavy (non-hydrogen) atoms. The maximum atomic E-state index is 5.64. The van der Waals surface area contributed by atoms with Gasteiger partial charge >= 0.3 is 17.1 Å². The average Bonchev–Trinajstić information content (AvgIpc) is 4.13. The average molecular weight is 1060 g/mol. The van der Waals surface area contributed by atoms with E-state index < -0.39 is 0 Å². The maximum absolute atomic E-state index is 5.64. The first kappa shape index (κ1) is 59.0.